The van der Waals surface area contributed by atoms with Crippen molar-refractivity contribution in [3.8, 4) is 5.75 Å². The Balaban J connectivity index is 1.20. The second-order valence-electron chi connectivity index (χ2n) is 9.53. The third-order valence-electron chi connectivity index (χ3n) is 6.89. The van der Waals surface area contributed by atoms with Crippen LogP contribution in [0.5, 0.6) is 5.75 Å². The van der Waals surface area contributed by atoms with Gasteiger partial charge in [-0.1, -0.05) is 67.7 Å². The fraction of sp³-hybridized carbons (Fsp3) is 0.444. The fourth-order valence-corrected chi connectivity index (χ4v) is 7.34. The molecule has 1 amide bonds. The first-order valence-corrected chi connectivity index (χ1v) is 15.2. The lowest BCUT2D eigenvalue weighted by Crippen LogP contribution is -2.49. The largest absolute Gasteiger partial charge is 0.490 e. The Morgan fingerprint density at radius 1 is 1.11 bits per heavy atom. The Hall–Kier alpha value is -2.03. The molecule has 8 heteroatoms. The summed E-state index contributed by atoms with van der Waals surface area (Å²) in [6, 6.07) is 17.0. The summed E-state index contributed by atoms with van der Waals surface area (Å²) < 4.78 is 11.8. The van der Waals surface area contributed by atoms with Crippen LogP contribution < -0.4 is 4.74 Å². The number of para-hydroxylation sites is 1. The van der Waals surface area contributed by atoms with Crippen molar-refractivity contribution in [3.63, 3.8) is 0 Å². The molecule has 3 heterocycles. The summed E-state index contributed by atoms with van der Waals surface area (Å²) in [5.41, 5.74) is 3.22. The van der Waals surface area contributed by atoms with E-state index in [1.165, 1.54) is 22.7 Å². The number of carbonyl (C=O) groups is 1. The molecule has 2 aliphatic rings. The van der Waals surface area contributed by atoms with Gasteiger partial charge in [-0.3, -0.25) is 4.79 Å². The number of carbonyl (C=O) groups excluding carboxylic acids is 1. The normalized spacial score (nSPS) is 21.5. The molecule has 1 aromatic heterocycles. The number of hydrogen-bond donors (Lipinski definition) is 0. The van der Waals surface area contributed by atoms with Gasteiger partial charge in [-0.05, 0) is 65.9 Å². The van der Waals surface area contributed by atoms with E-state index >= 15 is 0 Å². The van der Waals surface area contributed by atoms with E-state index in [1.54, 1.807) is 23.5 Å². The van der Waals surface area contributed by atoms with Crippen molar-refractivity contribution in [2.24, 2.45) is 0 Å². The molecule has 0 aliphatic carbocycles. The highest BCUT2D eigenvalue weighted by Gasteiger charge is 2.44. The number of rotatable bonds is 8. The summed E-state index contributed by atoms with van der Waals surface area (Å²) in [5.74, 6) is 2.41. The van der Waals surface area contributed by atoms with E-state index in [0.717, 1.165) is 52.2 Å². The first-order chi connectivity index (χ1) is 17.0. The van der Waals surface area contributed by atoms with Crippen molar-refractivity contribution in [1.82, 2.24) is 14.3 Å². The van der Waals surface area contributed by atoms with Crippen LogP contribution in [0.1, 0.15) is 66.9 Å². The van der Waals surface area contributed by atoms with E-state index in [1.807, 2.05) is 24.5 Å². The van der Waals surface area contributed by atoms with Crippen LogP contribution in [0, 0.1) is 0 Å². The maximum Gasteiger partial charge on any atom is 0.254 e. The highest BCUT2D eigenvalue weighted by atomic mass is 32.2. The molecule has 0 N–H and O–H groups in total. The van der Waals surface area contributed by atoms with Gasteiger partial charge in [0.25, 0.3) is 5.91 Å². The highest BCUT2D eigenvalue weighted by molar-refractivity contribution is 8.00. The lowest BCUT2D eigenvalue weighted by atomic mass is 9.97. The standard InChI is InChI=1S/C27H31N3O2S3/c1-17(2)23-6-4-5-7-24(23)32-22-14-20-12-13-21(15-22)30(20)25(31)19-10-8-18(9-11-19)16-34-27-28-26(33-3)29-35-27/h4-11,17,20-22H,12-16H2,1-3H3. The second-order valence-corrected chi connectivity index (χ2v) is 12.3. The van der Waals surface area contributed by atoms with Gasteiger partial charge in [0.15, 0.2) is 4.34 Å². The number of amides is 1. The molecule has 5 nitrogen and oxygen atoms in total. The van der Waals surface area contributed by atoms with Crippen molar-refractivity contribution in [3.05, 3.63) is 65.2 Å². The lowest BCUT2D eigenvalue weighted by Gasteiger charge is -2.39. The molecule has 0 spiro atoms. The maximum atomic E-state index is 13.5. The van der Waals surface area contributed by atoms with Gasteiger partial charge >= 0.3 is 0 Å². The summed E-state index contributed by atoms with van der Waals surface area (Å²) in [4.78, 5) is 20.1. The summed E-state index contributed by atoms with van der Waals surface area (Å²) >= 11 is 4.69. The van der Waals surface area contributed by atoms with Crippen LogP contribution in [0.2, 0.25) is 0 Å². The summed E-state index contributed by atoms with van der Waals surface area (Å²) in [7, 11) is 0. The van der Waals surface area contributed by atoms with Crippen LogP contribution in [0.3, 0.4) is 0 Å². The molecule has 2 fully saturated rings. The first kappa shape index (κ1) is 24.7. The van der Waals surface area contributed by atoms with Crippen LogP contribution in [-0.2, 0) is 5.75 Å². The number of ether oxygens (including phenoxy) is 1. The zero-order chi connectivity index (χ0) is 24.4. The topological polar surface area (TPSA) is 55.3 Å². The number of piperidine rings is 1. The first-order valence-electron chi connectivity index (χ1n) is 12.2. The molecular formula is C27H31N3O2S3. The molecule has 2 aromatic carbocycles. The molecule has 3 aromatic rings. The third-order valence-corrected chi connectivity index (χ3v) is 9.46. The Morgan fingerprint density at radius 2 is 1.83 bits per heavy atom. The van der Waals surface area contributed by atoms with Crippen molar-refractivity contribution >= 4 is 41.0 Å². The zero-order valence-corrected chi connectivity index (χ0v) is 22.8. The fourth-order valence-electron chi connectivity index (χ4n) is 5.18. The predicted molar refractivity (Wildman–Crippen MR) is 145 cm³/mol. The molecule has 2 aliphatic heterocycles. The minimum absolute atomic E-state index is 0.159. The minimum atomic E-state index is 0.159. The number of fused-ring (bicyclic) bond motifs is 2. The monoisotopic (exact) mass is 525 g/mol. The van der Waals surface area contributed by atoms with Gasteiger partial charge < -0.3 is 9.64 Å². The Labute approximate surface area is 220 Å². The summed E-state index contributed by atoms with van der Waals surface area (Å²) in [6.45, 7) is 4.41. The van der Waals surface area contributed by atoms with Gasteiger partial charge in [0.2, 0.25) is 5.16 Å². The Kier molecular flexibility index (Phi) is 7.70. The second kappa shape index (κ2) is 10.9. The van der Waals surface area contributed by atoms with E-state index < -0.39 is 0 Å². The van der Waals surface area contributed by atoms with Crippen molar-refractivity contribution in [2.75, 3.05) is 6.26 Å². The van der Waals surface area contributed by atoms with Crippen molar-refractivity contribution in [1.29, 1.82) is 0 Å². The van der Waals surface area contributed by atoms with Crippen molar-refractivity contribution in [2.45, 2.75) is 78.9 Å². The van der Waals surface area contributed by atoms with Crippen LogP contribution in [0.4, 0.5) is 0 Å². The average molecular weight is 526 g/mol. The van der Waals surface area contributed by atoms with Gasteiger partial charge in [-0.15, -0.1) is 0 Å². The van der Waals surface area contributed by atoms with Crippen molar-refractivity contribution < 1.29 is 9.53 Å². The number of thioether (sulfide) groups is 2. The number of benzene rings is 2. The average Bonchev–Trinajstić information content (AvgIpc) is 3.44. The molecule has 2 unspecified atom stereocenters. The molecule has 184 valence electrons. The summed E-state index contributed by atoms with van der Waals surface area (Å²) in [6.07, 6.45) is 6.10. The predicted octanol–water partition coefficient (Wildman–Crippen LogP) is 6.89. The van der Waals surface area contributed by atoms with E-state index in [4.69, 9.17) is 4.74 Å². The SMILES string of the molecule is CSc1nsc(SCc2ccc(C(=O)N3C4CCC3CC(Oc3ccccc3C(C)C)C4)cc2)n1. The van der Waals surface area contributed by atoms with Crippen LogP contribution in [0.25, 0.3) is 0 Å². The van der Waals surface area contributed by atoms with Crippen LogP contribution in [0.15, 0.2) is 58.0 Å². The minimum Gasteiger partial charge on any atom is -0.490 e. The molecule has 0 radical (unpaired) electrons. The molecule has 5 rings (SSSR count). The van der Waals surface area contributed by atoms with Gasteiger partial charge in [0, 0.05) is 36.2 Å². The van der Waals surface area contributed by atoms with Crippen LogP contribution >= 0.6 is 35.1 Å². The lowest BCUT2D eigenvalue weighted by molar-refractivity contribution is 0.0356. The Bertz CT molecular complexity index is 1150. The number of aromatic nitrogens is 2. The summed E-state index contributed by atoms with van der Waals surface area (Å²) in [5, 5.41) is 0.825. The highest BCUT2D eigenvalue weighted by Crippen LogP contribution is 2.39. The molecule has 0 saturated carbocycles. The van der Waals surface area contributed by atoms with Gasteiger partial charge in [-0.2, -0.15) is 4.37 Å². The molecule has 35 heavy (non-hydrogen) atoms. The zero-order valence-electron chi connectivity index (χ0n) is 20.3. The van der Waals surface area contributed by atoms with E-state index in [-0.39, 0.29) is 24.1 Å². The third kappa shape index (κ3) is 5.54. The Morgan fingerprint density at radius 3 is 2.49 bits per heavy atom. The van der Waals surface area contributed by atoms with Gasteiger partial charge in [-0.25, -0.2) is 4.98 Å². The van der Waals surface area contributed by atoms with Gasteiger partial charge in [0.1, 0.15) is 11.9 Å². The van der Waals surface area contributed by atoms with Crippen LogP contribution in [-0.4, -0.2) is 44.6 Å². The van der Waals surface area contributed by atoms with E-state index in [0.29, 0.717) is 5.92 Å². The van der Waals surface area contributed by atoms with Gasteiger partial charge in [0.05, 0.1) is 0 Å². The smallest absolute Gasteiger partial charge is 0.254 e. The van der Waals surface area contributed by atoms with E-state index in [9.17, 15) is 4.79 Å². The van der Waals surface area contributed by atoms with E-state index in [2.05, 4.69) is 58.4 Å². The number of hydrogen-bond acceptors (Lipinski definition) is 7. The molecular weight excluding hydrogens is 495 g/mol. The number of nitrogens with zero attached hydrogens (tertiary/aromatic N) is 3. The molecule has 2 bridgehead atoms. The molecule has 2 atom stereocenters. The maximum absolute atomic E-state index is 13.5. The quantitative estimate of drug-likeness (QED) is 0.299. The molecule has 2 saturated heterocycles.